The molecule has 27 heavy (non-hydrogen) atoms. The smallest absolute Gasteiger partial charge is 0.453 e. The van der Waals surface area contributed by atoms with E-state index < -0.39 is 24.0 Å². The highest BCUT2D eigenvalue weighted by molar-refractivity contribution is 5.94. The zero-order valence-electron chi connectivity index (χ0n) is 13.8. The Labute approximate surface area is 149 Å². The number of aromatic nitrogens is 4. The van der Waals surface area contributed by atoms with E-state index in [9.17, 15) is 18.0 Å². The van der Waals surface area contributed by atoms with Gasteiger partial charge in [0.05, 0.1) is 0 Å². The number of hydrogen-bond donors (Lipinski definition) is 1. The van der Waals surface area contributed by atoms with Crippen LogP contribution in [0, 0.1) is 6.92 Å². The van der Waals surface area contributed by atoms with Gasteiger partial charge in [0.2, 0.25) is 6.10 Å². The Morgan fingerprint density at radius 2 is 2.00 bits per heavy atom. The average molecular weight is 379 g/mol. The lowest BCUT2D eigenvalue weighted by atomic mass is 10.2. The Morgan fingerprint density at radius 3 is 2.74 bits per heavy atom. The van der Waals surface area contributed by atoms with Crippen molar-refractivity contribution in [3.8, 4) is 11.5 Å². The molecule has 1 aliphatic rings. The van der Waals surface area contributed by atoms with Crippen LogP contribution < -0.4 is 14.8 Å². The lowest BCUT2D eigenvalue weighted by Gasteiger charge is -2.25. The largest absolute Gasteiger partial charge is 0.485 e. The molecule has 0 saturated heterocycles. The van der Waals surface area contributed by atoms with Crippen molar-refractivity contribution >= 4 is 17.5 Å². The van der Waals surface area contributed by atoms with E-state index in [1.807, 2.05) is 0 Å². The molecule has 2 aromatic heterocycles. The predicted molar refractivity (Wildman–Crippen MR) is 85.5 cm³/mol. The molecule has 1 N–H and O–H groups in total. The van der Waals surface area contributed by atoms with Crippen molar-refractivity contribution in [2.75, 3.05) is 11.9 Å². The molecule has 0 saturated carbocycles. The molecule has 1 aliphatic heterocycles. The maximum atomic E-state index is 12.8. The number of amides is 1. The van der Waals surface area contributed by atoms with Gasteiger partial charge in [0.25, 0.3) is 17.5 Å². The van der Waals surface area contributed by atoms with Crippen LogP contribution in [0.2, 0.25) is 0 Å². The Kier molecular flexibility index (Phi) is 3.86. The number of ether oxygens (including phenoxy) is 2. The van der Waals surface area contributed by atoms with Crippen molar-refractivity contribution in [1.82, 2.24) is 19.6 Å². The zero-order valence-corrected chi connectivity index (χ0v) is 13.8. The first-order valence-electron chi connectivity index (χ1n) is 7.82. The lowest BCUT2D eigenvalue weighted by molar-refractivity contribution is -0.144. The number of nitrogens with one attached hydrogen (secondary N) is 1. The summed E-state index contributed by atoms with van der Waals surface area (Å²) in [5, 5.41) is 5.89. The number of para-hydroxylation sites is 2. The number of rotatable bonds is 2. The number of anilines is 1. The fourth-order valence-corrected chi connectivity index (χ4v) is 2.55. The van der Waals surface area contributed by atoms with Crippen LogP contribution in [0.3, 0.4) is 0 Å². The molecule has 11 heteroatoms. The van der Waals surface area contributed by atoms with Gasteiger partial charge in [-0.25, -0.2) is 4.52 Å². The minimum Gasteiger partial charge on any atom is -0.485 e. The lowest BCUT2D eigenvalue weighted by Crippen LogP contribution is -2.40. The minimum atomic E-state index is -4.69. The van der Waals surface area contributed by atoms with E-state index in [2.05, 4.69) is 20.4 Å². The summed E-state index contributed by atoms with van der Waals surface area (Å²) in [5.74, 6) is -1.13. The standard InChI is InChI=1S/C16H12F3N5O3/c1-8-6-12(21-15-22-14(16(17,18)19)23-24(8)15)20-13(25)11-7-26-9-4-2-3-5-10(9)27-11/h2-6,11H,7H2,1H3,(H,20,21,22,23,25)/t11-/m0/s1. The topological polar surface area (TPSA) is 90.6 Å². The SMILES string of the molecule is Cc1cc(NC(=O)[C@@H]2COc3ccccc3O2)nc2nc(C(F)(F)F)nn12. The molecule has 1 aromatic carbocycles. The Balaban J connectivity index is 1.56. The van der Waals surface area contributed by atoms with Gasteiger partial charge in [-0.1, -0.05) is 12.1 Å². The second-order valence-corrected chi connectivity index (χ2v) is 5.78. The van der Waals surface area contributed by atoms with Crippen molar-refractivity contribution in [1.29, 1.82) is 0 Å². The first kappa shape index (κ1) is 17.1. The third kappa shape index (κ3) is 3.23. The quantitative estimate of drug-likeness (QED) is 0.734. The number of benzene rings is 1. The van der Waals surface area contributed by atoms with E-state index in [1.54, 1.807) is 24.3 Å². The van der Waals surface area contributed by atoms with Crippen molar-refractivity contribution in [3.63, 3.8) is 0 Å². The third-order valence-corrected chi connectivity index (χ3v) is 3.80. The molecule has 3 heterocycles. The predicted octanol–water partition coefficient (Wildman–Crippen LogP) is 2.23. The van der Waals surface area contributed by atoms with Crippen LogP contribution in [0.15, 0.2) is 30.3 Å². The molecule has 8 nitrogen and oxygen atoms in total. The van der Waals surface area contributed by atoms with E-state index in [0.29, 0.717) is 17.2 Å². The molecular formula is C16H12F3N5O3. The highest BCUT2D eigenvalue weighted by Gasteiger charge is 2.37. The summed E-state index contributed by atoms with van der Waals surface area (Å²) in [4.78, 5) is 19.7. The highest BCUT2D eigenvalue weighted by Crippen LogP contribution is 2.31. The Bertz CT molecular complexity index is 1030. The fourth-order valence-electron chi connectivity index (χ4n) is 2.55. The molecule has 1 atom stereocenters. The summed E-state index contributed by atoms with van der Waals surface area (Å²) in [6.07, 6.45) is -5.62. The van der Waals surface area contributed by atoms with Crippen LogP contribution in [0.25, 0.3) is 5.78 Å². The molecule has 0 radical (unpaired) electrons. The average Bonchev–Trinajstić information content (AvgIpc) is 3.06. The maximum absolute atomic E-state index is 12.8. The summed E-state index contributed by atoms with van der Waals surface area (Å²) < 4.78 is 50.3. The first-order valence-corrected chi connectivity index (χ1v) is 7.82. The first-order chi connectivity index (χ1) is 12.8. The van der Waals surface area contributed by atoms with E-state index in [4.69, 9.17) is 9.47 Å². The van der Waals surface area contributed by atoms with Gasteiger partial charge in [0, 0.05) is 11.8 Å². The van der Waals surface area contributed by atoms with Crippen molar-refractivity contribution in [2.24, 2.45) is 0 Å². The van der Waals surface area contributed by atoms with Crippen LogP contribution in [-0.4, -0.2) is 38.2 Å². The van der Waals surface area contributed by atoms with Crippen molar-refractivity contribution in [3.05, 3.63) is 41.9 Å². The Morgan fingerprint density at radius 1 is 1.26 bits per heavy atom. The van der Waals surface area contributed by atoms with Crippen LogP contribution in [0.1, 0.15) is 11.5 Å². The minimum absolute atomic E-state index is 0.00672. The van der Waals surface area contributed by atoms with Gasteiger partial charge in [0.1, 0.15) is 12.4 Å². The second-order valence-electron chi connectivity index (χ2n) is 5.78. The monoisotopic (exact) mass is 379 g/mol. The number of halogens is 3. The fraction of sp³-hybridized carbons (Fsp3) is 0.250. The molecule has 0 bridgehead atoms. The molecule has 1 amide bonds. The van der Waals surface area contributed by atoms with Crippen molar-refractivity contribution in [2.45, 2.75) is 19.2 Å². The van der Waals surface area contributed by atoms with Crippen LogP contribution in [0.5, 0.6) is 11.5 Å². The highest BCUT2D eigenvalue weighted by atomic mass is 19.4. The van der Waals surface area contributed by atoms with Gasteiger partial charge in [-0.15, -0.1) is 5.10 Å². The summed E-state index contributed by atoms with van der Waals surface area (Å²) >= 11 is 0. The van der Waals surface area contributed by atoms with E-state index in [0.717, 1.165) is 4.52 Å². The summed E-state index contributed by atoms with van der Waals surface area (Å²) in [6, 6.07) is 8.28. The molecule has 0 aliphatic carbocycles. The number of hydrogen-bond acceptors (Lipinski definition) is 6. The normalized spacial score (nSPS) is 16.4. The molecule has 0 spiro atoms. The van der Waals surface area contributed by atoms with Gasteiger partial charge in [-0.2, -0.15) is 23.1 Å². The van der Waals surface area contributed by atoms with Gasteiger partial charge in [-0.3, -0.25) is 4.79 Å². The third-order valence-electron chi connectivity index (χ3n) is 3.80. The Hall–Kier alpha value is -3.37. The van der Waals surface area contributed by atoms with Gasteiger partial charge < -0.3 is 14.8 Å². The summed E-state index contributed by atoms with van der Waals surface area (Å²) in [7, 11) is 0. The summed E-state index contributed by atoms with van der Waals surface area (Å²) in [6.45, 7) is 1.52. The number of carbonyl (C=O) groups excluding carboxylic acids is 1. The molecule has 0 fully saturated rings. The van der Waals surface area contributed by atoms with Crippen LogP contribution >= 0.6 is 0 Å². The number of fused-ring (bicyclic) bond motifs is 2. The van der Waals surface area contributed by atoms with Gasteiger partial charge in [-0.05, 0) is 19.1 Å². The maximum Gasteiger partial charge on any atom is 0.453 e. The van der Waals surface area contributed by atoms with Gasteiger partial charge in [0.15, 0.2) is 11.5 Å². The number of carbonyl (C=O) groups is 1. The number of aryl methyl sites for hydroxylation is 1. The number of nitrogens with zero attached hydrogens (tertiary/aromatic N) is 4. The molecule has 140 valence electrons. The molecule has 4 rings (SSSR count). The molecular weight excluding hydrogens is 367 g/mol. The van der Waals surface area contributed by atoms with E-state index in [-0.39, 0.29) is 18.2 Å². The van der Waals surface area contributed by atoms with Gasteiger partial charge >= 0.3 is 6.18 Å². The van der Waals surface area contributed by atoms with Crippen LogP contribution in [-0.2, 0) is 11.0 Å². The zero-order chi connectivity index (χ0) is 19.2. The number of alkyl halides is 3. The molecule has 0 unspecified atom stereocenters. The van der Waals surface area contributed by atoms with Crippen molar-refractivity contribution < 1.29 is 27.4 Å². The summed E-state index contributed by atoms with van der Waals surface area (Å²) in [5.41, 5.74) is 0.324. The molecule has 3 aromatic rings. The van der Waals surface area contributed by atoms with Crippen LogP contribution in [0.4, 0.5) is 19.0 Å². The van der Waals surface area contributed by atoms with E-state index in [1.165, 1.54) is 13.0 Å². The van der Waals surface area contributed by atoms with E-state index >= 15 is 0 Å². The second kappa shape index (κ2) is 6.11.